The quantitative estimate of drug-likeness (QED) is 0.763. The lowest BCUT2D eigenvalue weighted by molar-refractivity contribution is 0.227. The summed E-state index contributed by atoms with van der Waals surface area (Å²) in [7, 11) is 0. The van der Waals surface area contributed by atoms with E-state index < -0.39 is 0 Å². The van der Waals surface area contributed by atoms with Crippen LogP contribution >= 0.6 is 0 Å². The molecule has 2 aliphatic rings. The van der Waals surface area contributed by atoms with Crippen LogP contribution in [0, 0.1) is 0 Å². The summed E-state index contributed by atoms with van der Waals surface area (Å²) in [6.07, 6.45) is 0. The Morgan fingerprint density at radius 2 is 1.45 bits per heavy atom. The van der Waals surface area contributed by atoms with E-state index >= 15 is 0 Å². The van der Waals surface area contributed by atoms with Crippen molar-refractivity contribution in [1.82, 2.24) is 4.98 Å². The van der Waals surface area contributed by atoms with Gasteiger partial charge in [-0.25, -0.2) is 15.0 Å². The van der Waals surface area contributed by atoms with Gasteiger partial charge in [-0.15, -0.1) is 0 Å². The highest BCUT2D eigenvalue weighted by Gasteiger charge is 2.23. The van der Waals surface area contributed by atoms with Crippen LogP contribution in [0.1, 0.15) is 11.4 Å². The average Bonchev–Trinajstić information content (AvgIpc) is 3.16. The van der Waals surface area contributed by atoms with E-state index in [-0.39, 0.29) is 25.3 Å². The Bertz CT molecular complexity index is 513. The number of aliphatic hydroxyl groups excluding tert-OH is 2. The minimum atomic E-state index is -0.228. The predicted molar refractivity (Wildman–Crippen MR) is 71.0 cm³/mol. The molecule has 0 saturated heterocycles. The molecule has 0 aromatic carbocycles. The molecule has 3 heterocycles. The SMILES string of the molecule is OC[C@@H]1COC(c2cccc(C3=N[C@@H](CO)CO3)n2)=N1. The molecular weight excluding hydrogens is 262 g/mol. The van der Waals surface area contributed by atoms with Crippen LogP contribution in [0.15, 0.2) is 28.2 Å². The first-order valence-electron chi connectivity index (χ1n) is 6.41. The van der Waals surface area contributed by atoms with Crippen molar-refractivity contribution in [1.29, 1.82) is 0 Å². The van der Waals surface area contributed by atoms with Crippen LogP contribution in [-0.4, -0.2) is 65.5 Å². The smallest absolute Gasteiger partial charge is 0.235 e. The Balaban J connectivity index is 1.84. The van der Waals surface area contributed by atoms with E-state index in [0.717, 1.165) is 0 Å². The van der Waals surface area contributed by atoms with E-state index in [1.165, 1.54) is 0 Å². The molecule has 3 rings (SSSR count). The standard InChI is InChI=1S/C13H15N3O4/c17-4-8-6-19-12(14-8)10-2-1-3-11(16-10)13-15-9(5-18)7-20-13/h1-3,8-9,17-18H,4-7H2/t8-,9+. The van der Waals surface area contributed by atoms with E-state index in [0.29, 0.717) is 36.4 Å². The molecule has 0 amide bonds. The number of aromatic nitrogens is 1. The van der Waals surface area contributed by atoms with Crippen molar-refractivity contribution >= 4 is 11.8 Å². The van der Waals surface area contributed by atoms with Gasteiger partial charge in [-0.2, -0.15) is 0 Å². The van der Waals surface area contributed by atoms with E-state index in [9.17, 15) is 0 Å². The Kier molecular flexibility index (Phi) is 3.62. The highest BCUT2D eigenvalue weighted by molar-refractivity contribution is 5.97. The Hall–Kier alpha value is -1.99. The molecule has 0 aliphatic carbocycles. The molecule has 0 bridgehead atoms. The number of nitrogens with zero attached hydrogens (tertiary/aromatic N) is 3. The van der Waals surface area contributed by atoms with Gasteiger partial charge in [-0.05, 0) is 12.1 Å². The van der Waals surface area contributed by atoms with E-state index in [2.05, 4.69) is 15.0 Å². The van der Waals surface area contributed by atoms with Crippen molar-refractivity contribution in [2.24, 2.45) is 9.98 Å². The maximum atomic E-state index is 9.04. The zero-order valence-corrected chi connectivity index (χ0v) is 10.8. The molecule has 106 valence electrons. The molecular formula is C13H15N3O4. The fraction of sp³-hybridized carbons (Fsp3) is 0.462. The topological polar surface area (TPSA) is 96.5 Å². The number of hydrogen-bond acceptors (Lipinski definition) is 7. The summed E-state index contributed by atoms with van der Waals surface area (Å²) < 4.78 is 10.8. The van der Waals surface area contributed by atoms with Crippen molar-refractivity contribution in [3.05, 3.63) is 29.6 Å². The molecule has 0 spiro atoms. The first-order chi connectivity index (χ1) is 9.80. The highest BCUT2D eigenvalue weighted by atomic mass is 16.5. The molecule has 0 fully saturated rings. The summed E-state index contributed by atoms with van der Waals surface area (Å²) in [6.45, 7) is 0.637. The average molecular weight is 277 g/mol. The van der Waals surface area contributed by atoms with Gasteiger partial charge in [0.2, 0.25) is 11.8 Å². The highest BCUT2D eigenvalue weighted by Crippen LogP contribution is 2.14. The van der Waals surface area contributed by atoms with E-state index in [4.69, 9.17) is 19.7 Å². The normalized spacial score (nSPS) is 24.9. The maximum Gasteiger partial charge on any atom is 0.235 e. The molecule has 0 radical (unpaired) electrons. The van der Waals surface area contributed by atoms with Gasteiger partial charge >= 0.3 is 0 Å². The lowest BCUT2D eigenvalue weighted by atomic mass is 10.3. The second-order valence-corrected chi connectivity index (χ2v) is 4.57. The maximum absolute atomic E-state index is 9.04. The Labute approximate surface area is 115 Å². The summed E-state index contributed by atoms with van der Waals surface area (Å²) in [6, 6.07) is 4.92. The number of rotatable bonds is 4. The van der Waals surface area contributed by atoms with E-state index in [1.54, 1.807) is 12.1 Å². The zero-order valence-electron chi connectivity index (χ0n) is 10.8. The van der Waals surface area contributed by atoms with Crippen LogP contribution in [0.25, 0.3) is 0 Å². The van der Waals surface area contributed by atoms with Gasteiger partial charge in [0, 0.05) is 0 Å². The Morgan fingerprint density at radius 1 is 0.950 bits per heavy atom. The minimum Gasteiger partial charge on any atom is -0.474 e. The first-order valence-corrected chi connectivity index (χ1v) is 6.41. The zero-order chi connectivity index (χ0) is 13.9. The third-order valence-corrected chi connectivity index (χ3v) is 3.03. The third kappa shape index (κ3) is 2.50. The van der Waals surface area contributed by atoms with E-state index in [1.807, 2.05) is 6.07 Å². The predicted octanol–water partition coefficient (Wildman–Crippen LogP) is -0.643. The lowest BCUT2D eigenvalue weighted by Crippen LogP contribution is -2.11. The fourth-order valence-corrected chi connectivity index (χ4v) is 1.97. The van der Waals surface area contributed by atoms with Crippen molar-refractivity contribution in [2.45, 2.75) is 12.1 Å². The number of aliphatic hydroxyl groups is 2. The molecule has 1 aromatic rings. The first kappa shape index (κ1) is 13.0. The summed E-state index contributed by atoms with van der Waals surface area (Å²) in [5, 5.41) is 18.1. The lowest BCUT2D eigenvalue weighted by Gasteiger charge is -2.04. The minimum absolute atomic E-state index is 0.0445. The number of ether oxygens (including phenoxy) is 2. The largest absolute Gasteiger partial charge is 0.474 e. The van der Waals surface area contributed by atoms with Gasteiger partial charge in [0.25, 0.3) is 0 Å². The second-order valence-electron chi connectivity index (χ2n) is 4.57. The molecule has 2 atom stereocenters. The molecule has 20 heavy (non-hydrogen) atoms. The van der Waals surface area contributed by atoms with Crippen LogP contribution in [0.4, 0.5) is 0 Å². The van der Waals surface area contributed by atoms with Gasteiger partial charge in [-0.1, -0.05) is 6.07 Å². The molecule has 2 aliphatic heterocycles. The molecule has 2 N–H and O–H groups in total. The molecule has 1 aromatic heterocycles. The third-order valence-electron chi connectivity index (χ3n) is 3.03. The van der Waals surface area contributed by atoms with Gasteiger partial charge < -0.3 is 19.7 Å². The van der Waals surface area contributed by atoms with Gasteiger partial charge in [-0.3, -0.25) is 0 Å². The van der Waals surface area contributed by atoms with Gasteiger partial charge in [0.1, 0.15) is 36.7 Å². The van der Waals surface area contributed by atoms with Crippen LogP contribution in [0.2, 0.25) is 0 Å². The molecule has 7 heteroatoms. The van der Waals surface area contributed by atoms with Crippen molar-refractivity contribution in [3.63, 3.8) is 0 Å². The van der Waals surface area contributed by atoms with Crippen LogP contribution in [0.5, 0.6) is 0 Å². The van der Waals surface area contributed by atoms with Crippen LogP contribution < -0.4 is 0 Å². The summed E-state index contributed by atoms with van der Waals surface area (Å²) in [5.74, 6) is 0.839. The van der Waals surface area contributed by atoms with Crippen molar-refractivity contribution < 1.29 is 19.7 Å². The second kappa shape index (κ2) is 5.56. The fourth-order valence-electron chi connectivity index (χ4n) is 1.97. The molecule has 0 saturated carbocycles. The summed E-state index contributed by atoms with van der Waals surface area (Å²) in [5.41, 5.74) is 1.16. The van der Waals surface area contributed by atoms with Crippen molar-refractivity contribution in [2.75, 3.05) is 26.4 Å². The number of pyridine rings is 1. The number of aliphatic imine (C=N–C) groups is 2. The van der Waals surface area contributed by atoms with Crippen LogP contribution in [0.3, 0.4) is 0 Å². The summed E-state index contributed by atoms with van der Waals surface area (Å²) >= 11 is 0. The van der Waals surface area contributed by atoms with Crippen LogP contribution in [-0.2, 0) is 9.47 Å². The molecule has 7 nitrogen and oxygen atoms in total. The monoisotopic (exact) mass is 277 g/mol. The molecule has 0 unspecified atom stereocenters. The van der Waals surface area contributed by atoms with Gasteiger partial charge in [0.15, 0.2) is 0 Å². The summed E-state index contributed by atoms with van der Waals surface area (Å²) in [4.78, 5) is 12.9. The Morgan fingerprint density at radius 3 is 1.85 bits per heavy atom. The van der Waals surface area contributed by atoms with Gasteiger partial charge in [0.05, 0.1) is 13.2 Å². The number of hydrogen-bond donors (Lipinski definition) is 2. The van der Waals surface area contributed by atoms with Crippen molar-refractivity contribution in [3.8, 4) is 0 Å².